The van der Waals surface area contributed by atoms with Gasteiger partial charge in [0.05, 0.1) is 6.54 Å². The zero-order valence-corrected chi connectivity index (χ0v) is 8.45. The molecule has 5 nitrogen and oxygen atoms in total. The highest BCUT2D eigenvalue weighted by Gasteiger charge is 1.99. The van der Waals surface area contributed by atoms with E-state index in [1.165, 1.54) is 6.33 Å². The minimum atomic E-state index is 0.655. The Balaban J connectivity index is 1.95. The average Bonchev–Trinajstić information content (AvgIpc) is 2.63. The van der Waals surface area contributed by atoms with E-state index in [1.54, 1.807) is 17.5 Å². The van der Waals surface area contributed by atoms with Crippen LogP contribution < -0.4 is 5.32 Å². The number of hydrogen-bond donors (Lipinski definition) is 1. The van der Waals surface area contributed by atoms with Crippen LogP contribution in [0.2, 0.25) is 0 Å². The van der Waals surface area contributed by atoms with Crippen molar-refractivity contribution in [1.29, 1.82) is 0 Å². The Morgan fingerprint density at radius 1 is 1.43 bits per heavy atom. The molecule has 0 unspecified atom stereocenters. The molecule has 0 aliphatic rings. The lowest BCUT2D eigenvalue weighted by molar-refractivity contribution is 0.963. The number of rotatable bonds is 3. The van der Waals surface area contributed by atoms with Gasteiger partial charge in [-0.15, -0.1) is 10.2 Å². The molecule has 0 spiro atoms. The van der Waals surface area contributed by atoms with Gasteiger partial charge in [0, 0.05) is 6.20 Å². The van der Waals surface area contributed by atoms with Crippen molar-refractivity contribution in [1.82, 2.24) is 20.2 Å². The van der Waals surface area contributed by atoms with Gasteiger partial charge in [-0.3, -0.25) is 0 Å². The topological polar surface area (TPSA) is 63.6 Å². The van der Waals surface area contributed by atoms with E-state index in [9.17, 15) is 0 Å². The van der Waals surface area contributed by atoms with Gasteiger partial charge in [-0.2, -0.15) is 0 Å². The fourth-order valence-corrected chi connectivity index (χ4v) is 1.62. The van der Waals surface area contributed by atoms with Gasteiger partial charge in [0.1, 0.15) is 22.2 Å². The fraction of sp³-hybridized carbons (Fsp3) is 0.250. The highest BCUT2D eigenvalue weighted by molar-refractivity contribution is 7.11. The number of nitrogens with one attached hydrogen (secondary N) is 1. The first-order chi connectivity index (χ1) is 6.84. The van der Waals surface area contributed by atoms with Gasteiger partial charge in [0.25, 0.3) is 0 Å². The number of aromatic nitrogens is 4. The van der Waals surface area contributed by atoms with Crippen LogP contribution in [0.5, 0.6) is 0 Å². The number of aryl methyl sites for hydroxylation is 1. The van der Waals surface area contributed by atoms with E-state index in [2.05, 4.69) is 25.5 Å². The number of anilines is 1. The second kappa shape index (κ2) is 4.10. The third kappa shape index (κ3) is 2.23. The molecule has 0 fully saturated rings. The molecular weight excluding hydrogens is 198 g/mol. The SMILES string of the molecule is Cc1nnc(CNc2ccncn2)s1. The van der Waals surface area contributed by atoms with Crippen LogP contribution in [0, 0.1) is 6.92 Å². The first-order valence-corrected chi connectivity index (χ1v) is 4.95. The van der Waals surface area contributed by atoms with Crippen LogP contribution in [0.3, 0.4) is 0 Å². The number of nitrogens with zero attached hydrogens (tertiary/aromatic N) is 4. The van der Waals surface area contributed by atoms with Crippen LogP contribution in [0.25, 0.3) is 0 Å². The zero-order chi connectivity index (χ0) is 9.80. The van der Waals surface area contributed by atoms with Gasteiger partial charge >= 0.3 is 0 Å². The Labute approximate surface area is 85.3 Å². The van der Waals surface area contributed by atoms with E-state index >= 15 is 0 Å². The summed E-state index contributed by atoms with van der Waals surface area (Å²) in [5, 5.41) is 13.0. The second-order valence-electron chi connectivity index (χ2n) is 2.66. The maximum atomic E-state index is 4.03. The molecule has 72 valence electrons. The van der Waals surface area contributed by atoms with Crippen molar-refractivity contribution in [2.75, 3.05) is 5.32 Å². The molecule has 0 radical (unpaired) electrons. The molecular formula is C8H9N5S. The van der Waals surface area contributed by atoms with E-state index < -0.39 is 0 Å². The van der Waals surface area contributed by atoms with E-state index in [0.29, 0.717) is 6.54 Å². The molecule has 0 bridgehead atoms. The van der Waals surface area contributed by atoms with Crippen LogP contribution >= 0.6 is 11.3 Å². The first kappa shape index (κ1) is 9.01. The van der Waals surface area contributed by atoms with Crippen molar-refractivity contribution >= 4 is 17.2 Å². The van der Waals surface area contributed by atoms with Crippen LogP contribution in [0.4, 0.5) is 5.82 Å². The molecule has 2 aromatic rings. The normalized spacial score (nSPS) is 10.1. The summed E-state index contributed by atoms with van der Waals surface area (Å²) in [4.78, 5) is 7.86. The minimum absolute atomic E-state index is 0.655. The lowest BCUT2D eigenvalue weighted by Crippen LogP contribution is -2.00. The minimum Gasteiger partial charge on any atom is -0.363 e. The summed E-state index contributed by atoms with van der Waals surface area (Å²) in [6.07, 6.45) is 3.20. The molecule has 2 heterocycles. The summed E-state index contributed by atoms with van der Waals surface area (Å²) < 4.78 is 0. The molecule has 0 aliphatic carbocycles. The lowest BCUT2D eigenvalue weighted by atomic mass is 10.5. The van der Waals surface area contributed by atoms with Crippen molar-refractivity contribution in [3.05, 3.63) is 28.6 Å². The maximum Gasteiger partial charge on any atom is 0.136 e. The zero-order valence-electron chi connectivity index (χ0n) is 7.64. The summed E-state index contributed by atoms with van der Waals surface area (Å²) >= 11 is 1.58. The molecule has 0 amide bonds. The largest absolute Gasteiger partial charge is 0.363 e. The monoisotopic (exact) mass is 207 g/mol. The molecule has 0 aromatic carbocycles. The third-order valence-electron chi connectivity index (χ3n) is 1.57. The third-order valence-corrected chi connectivity index (χ3v) is 2.41. The summed E-state index contributed by atoms with van der Waals surface area (Å²) in [6.45, 7) is 2.59. The molecule has 2 aromatic heterocycles. The molecule has 2 rings (SSSR count). The van der Waals surface area contributed by atoms with Crippen molar-refractivity contribution < 1.29 is 0 Å². The van der Waals surface area contributed by atoms with E-state index in [4.69, 9.17) is 0 Å². The first-order valence-electron chi connectivity index (χ1n) is 4.13. The quantitative estimate of drug-likeness (QED) is 0.820. The standard InChI is InChI=1S/C8H9N5S/c1-6-12-13-8(14-6)4-10-7-2-3-9-5-11-7/h2-3,5H,4H2,1H3,(H,9,10,11). The van der Waals surface area contributed by atoms with Gasteiger partial charge in [0.2, 0.25) is 0 Å². The Kier molecular flexibility index (Phi) is 2.64. The fourth-order valence-electron chi connectivity index (χ4n) is 0.970. The van der Waals surface area contributed by atoms with Gasteiger partial charge in [-0.05, 0) is 13.0 Å². The predicted molar refractivity (Wildman–Crippen MR) is 54.0 cm³/mol. The smallest absolute Gasteiger partial charge is 0.136 e. The highest BCUT2D eigenvalue weighted by Crippen LogP contribution is 2.09. The summed E-state index contributed by atoms with van der Waals surface area (Å²) in [7, 11) is 0. The van der Waals surface area contributed by atoms with Crippen LogP contribution in [-0.2, 0) is 6.54 Å². The van der Waals surface area contributed by atoms with Crippen molar-refractivity contribution in [3.63, 3.8) is 0 Å². The Morgan fingerprint density at radius 2 is 2.36 bits per heavy atom. The van der Waals surface area contributed by atoms with Crippen LogP contribution in [0.1, 0.15) is 10.0 Å². The van der Waals surface area contributed by atoms with Crippen molar-refractivity contribution in [3.8, 4) is 0 Å². The van der Waals surface area contributed by atoms with E-state index in [-0.39, 0.29) is 0 Å². The predicted octanol–water partition coefficient (Wildman–Crippen LogP) is 1.25. The van der Waals surface area contributed by atoms with E-state index in [1.807, 2.05) is 13.0 Å². The van der Waals surface area contributed by atoms with Gasteiger partial charge in [0.15, 0.2) is 0 Å². The molecule has 14 heavy (non-hydrogen) atoms. The van der Waals surface area contributed by atoms with Crippen LogP contribution in [0.15, 0.2) is 18.6 Å². The molecule has 0 saturated heterocycles. The van der Waals surface area contributed by atoms with Crippen molar-refractivity contribution in [2.24, 2.45) is 0 Å². The van der Waals surface area contributed by atoms with Crippen LogP contribution in [-0.4, -0.2) is 20.2 Å². The Bertz CT molecular complexity index is 399. The average molecular weight is 207 g/mol. The number of hydrogen-bond acceptors (Lipinski definition) is 6. The van der Waals surface area contributed by atoms with Gasteiger partial charge in [-0.25, -0.2) is 9.97 Å². The summed E-state index contributed by atoms with van der Waals surface area (Å²) in [5.41, 5.74) is 0. The molecule has 0 saturated carbocycles. The van der Waals surface area contributed by atoms with Gasteiger partial charge in [-0.1, -0.05) is 11.3 Å². The lowest BCUT2D eigenvalue weighted by Gasteiger charge is -2.00. The maximum absolute atomic E-state index is 4.03. The Morgan fingerprint density at radius 3 is 3.00 bits per heavy atom. The van der Waals surface area contributed by atoms with E-state index in [0.717, 1.165) is 15.8 Å². The summed E-state index contributed by atoms with van der Waals surface area (Å²) in [6, 6.07) is 1.81. The molecule has 0 aliphatic heterocycles. The molecule has 0 atom stereocenters. The summed E-state index contributed by atoms with van der Waals surface area (Å²) in [5.74, 6) is 0.799. The highest BCUT2D eigenvalue weighted by atomic mass is 32.1. The second-order valence-corrected chi connectivity index (χ2v) is 3.93. The molecule has 6 heteroatoms. The molecule has 1 N–H and O–H groups in total. The van der Waals surface area contributed by atoms with Crippen molar-refractivity contribution in [2.45, 2.75) is 13.5 Å². The Hall–Kier alpha value is -1.56. The van der Waals surface area contributed by atoms with Gasteiger partial charge < -0.3 is 5.32 Å².